The van der Waals surface area contributed by atoms with Crippen molar-refractivity contribution in [1.82, 2.24) is 10.2 Å². The van der Waals surface area contributed by atoms with Crippen molar-refractivity contribution in [2.45, 2.75) is 63.3 Å². The van der Waals surface area contributed by atoms with E-state index in [1.807, 2.05) is 6.92 Å². The standard InChI is InChI=1S/C51H50N2.2C2H8N2.C2H7N/c1-8-22-43(23-9-1)36-50(37-44-24-10-2-11-25-44,52-40-47-30-16-5-17-31-47)51(38-45-26-12-3-13-27-45,39-46-28-14-4-15-29-46)53(41-48-32-18-6-19-33-48)42-49-34-20-7-21-35-49;2*3-1-2-4;1-2-3/h1-35,52H,36-42H2;2*1-4H2;2-3H2,1H3. The fourth-order valence-electron chi connectivity index (χ4n) is 8.20. The molecule has 0 aliphatic rings. The highest BCUT2D eigenvalue weighted by atomic mass is 15.3. The minimum atomic E-state index is -0.458. The molecule has 336 valence electrons. The van der Waals surface area contributed by atoms with Crippen LogP contribution in [-0.4, -0.2) is 48.7 Å². The van der Waals surface area contributed by atoms with E-state index in [-0.39, 0.29) is 0 Å². The van der Waals surface area contributed by atoms with Gasteiger partial charge in [-0.25, -0.2) is 0 Å². The van der Waals surface area contributed by atoms with Gasteiger partial charge in [-0.1, -0.05) is 219 Å². The molecule has 0 aliphatic heterocycles. The topological polar surface area (TPSA) is 145 Å². The molecule has 0 saturated carbocycles. The third-order valence-electron chi connectivity index (χ3n) is 11.1. The molecule has 0 fully saturated rings. The Balaban J connectivity index is 0.000000737. The van der Waals surface area contributed by atoms with E-state index in [0.717, 1.165) is 51.9 Å². The lowest BCUT2D eigenvalue weighted by molar-refractivity contribution is -0.0225. The average molecular weight is 856 g/mol. The fraction of sp³-hybridized carbons (Fsp3) is 0.263. The largest absolute Gasteiger partial charge is 0.331 e. The van der Waals surface area contributed by atoms with Crippen LogP contribution in [0.5, 0.6) is 0 Å². The van der Waals surface area contributed by atoms with E-state index >= 15 is 0 Å². The molecule has 0 heterocycles. The molecule has 64 heavy (non-hydrogen) atoms. The number of nitrogens with two attached hydrogens (primary N) is 5. The molecule has 7 aromatic carbocycles. The molecule has 0 aromatic heterocycles. The molecule has 7 nitrogen and oxygen atoms in total. The summed E-state index contributed by atoms with van der Waals surface area (Å²) in [6.45, 7) is 7.39. The van der Waals surface area contributed by atoms with Gasteiger partial charge in [0.05, 0.1) is 0 Å². The second-order valence-corrected chi connectivity index (χ2v) is 16.0. The summed E-state index contributed by atoms with van der Waals surface area (Å²) >= 11 is 0. The van der Waals surface area contributed by atoms with Crippen LogP contribution in [0.15, 0.2) is 212 Å². The Kier molecular flexibility index (Phi) is 23.5. The lowest BCUT2D eigenvalue weighted by Gasteiger charge is -2.58. The molecule has 0 saturated heterocycles. The second-order valence-electron chi connectivity index (χ2n) is 16.0. The molecule has 7 rings (SSSR count). The lowest BCUT2D eigenvalue weighted by atomic mass is 9.62. The van der Waals surface area contributed by atoms with Crippen molar-refractivity contribution < 1.29 is 0 Å². The normalized spacial score (nSPS) is 11.0. The summed E-state index contributed by atoms with van der Waals surface area (Å²) in [6, 6.07) is 77.8. The lowest BCUT2D eigenvalue weighted by Crippen LogP contribution is -2.73. The summed E-state index contributed by atoms with van der Waals surface area (Å²) in [6.07, 6.45) is 3.39. The molecule has 0 aliphatic carbocycles. The second kappa shape index (κ2) is 29.6. The summed E-state index contributed by atoms with van der Waals surface area (Å²) in [7, 11) is 0. The zero-order valence-electron chi connectivity index (χ0n) is 38.0. The van der Waals surface area contributed by atoms with Gasteiger partial charge in [0.15, 0.2) is 0 Å². The van der Waals surface area contributed by atoms with Crippen molar-refractivity contribution in [2.75, 3.05) is 32.7 Å². The molecule has 0 unspecified atom stereocenters. The minimum absolute atomic E-state index is 0.443. The quantitative estimate of drug-likeness (QED) is 0.0478. The number of hydrogen-bond acceptors (Lipinski definition) is 7. The molecule has 0 bridgehead atoms. The van der Waals surface area contributed by atoms with Gasteiger partial charge in [-0.15, -0.1) is 0 Å². The summed E-state index contributed by atoms with van der Waals surface area (Å²) in [5, 5.41) is 4.44. The van der Waals surface area contributed by atoms with E-state index < -0.39 is 11.1 Å². The SMILES string of the molecule is CCN.NCCN.NCCN.c1ccc(CNC(Cc2ccccc2)(Cc2ccccc2)C(Cc2ccccc2)(Cc2ccccc2)N(Cc2ccccc2)Cc2ccccc2)cc1. The maximum atomic E-state index is 4.90. The predicted octanol–water partition coefficient (Wildman–Crippen LogP) is 8.70. The van der Waals surface area contributed by atoms with Crippen LogP contribution in [0.1, 0.15) is 45.9 Å². The van der Waals surface area contributed by atoms with Crippen LogP contribution in [0.25, 0.3) is 0 Å². The van der Waals surface area contributed by atoms with Crippen LogP contribution in [0.3, 0.4) is 0 Å². The van der Waals surface area contributed by atoms with Crippen molar-refractivity contribution in [2.24, 2.45) is 28.7 Å². The zero-order valence-corrected chi connectivity index (χ0v) is 38.0. The van der Waals surface area contributed by atoms with Gasteiger partial charge < -0.3 is 34.0 Å². The maximum Gasteiger partial charge on any atom is 0.0485 e. The first-order chi connectivity index (χ1) is 31.4. The van der Waals surface area contributed by atoms with Crippen molar-refractivity contribution in [1.29, 1.82) is 0 Å². The molecular formula is C57H73N7. The Hall–Kier alpha value is -5.74. The highest BCUT2D eigenvalue weighted by molar-refractivity contribution is 5.35. The highest BCUT2D eigenvalue weighted by Crippen LogP contribution is 2.43. The Labute approximate surface area is 384 Å². The van der Waals surface area contributed by atoms with Gasteiger partial charge in [0.2, 0.25) is 0 Å². The van der Waals surface area contributed by atoms with E-state index in [9.17, 15) is 0 Å². The van der Waals surface area contributed by atoms with Gasteiger partial charge in [-0.3, -0.25) is 4.90 Å². The van der Waals surface area contributed by atoms with Gasteiger partial charge in [0.1, 0.15) is 0 Å². The van der Waals surface area contributed by atoms with E-state index in [1.165, 1.54) is 38.9 Å². The first kappa shape index (κ1) is 50.9. The van der Waals surface area contributed by atoms with E-state index in [2.05, 4.69) is 223 Å². The minimum Gasteiger partial charge on any atom is -0.331 e. The monoisotopic (exact) mass is 856 g/mol. The first-order valence-electron chi connectivity index (χ1n) is 22.7. The highest BCUT2D eigenvalue weighted by Gasteiger charge is 2.54. The van der Waals surface area contributed by atoms with Gasteiger partial charge in [-0.2, -0.15) is 0 Å². The third-order valence-corrected chi connectivity index (χ3v) is 11.1. The van der Waals surface area contributed by atoms with E-state index in [1.54, 1.807) is 0 Å². The molecule has 0 radical (unpaired) electrons. The van der Waals surface area contributed by atoms with Crippen LogP contribution in [0.4, 0.5) is 0 Å². The Morgan fingerprint density at radius 2 is 0.578 bits per heavy atom. The number of nitrogens with zero attached hydrogens (tertiary/aromatic N) is 1. The van der Waals surface area contributed by atoms with Crippen LogP contribution in [0.2, 0.25) is 0 Å². The molecule has 0 atom stereocenters. The van der Waals surface area contributed by atoms with Crippen LogP contribution >= 0.6 is 0 Å². The average Bonchev–Trinajstić information content (AvgIpc) is 3.35. The summed E-state index contributed by atoms with van der Waals surface area (Å²) in [5.41, 5.74) is 32.8. The number of rotatable bonds is 19. The van der Waals surface area contributed by atoms with Gasteiger partial charge >= 0.3 is 0 Å². The van der Waals surface area contributed by atoms with Gasteiger partial charge in [0.25, 0.3) is 0 Å². The molecule has 0 amide bonds. The van der Waals surface area contributed by atoms with Gasteiger partial charge in [0, 0.05) is 56.9 Å². The number of nitrogens with one attached hydrogen (secondary N) is 1. The van der Waals surface area contributed by atoms with Crippen molar-refractivity contribution in [3.63, 3.8) is 0 Å². The molecular weight excluding hydrogens is 783 g/mol. The Morgan fingerprint density at radius 3 is 0.844 bits per heavy atom. The fourth-order valence-corrected chi connectivity index (χ4v) is 8.20. The molecule has 7 heteroatoms. The van der Waals surface area contributed by atoms with Gasteiger partial charge in [-0.05, 0) is 71.2 Å². The Morgan fingerprint density at radius 1 is 0.344 bits per heavy atom. The van der Waals surface area contributed by atoms with E-state index in [0.29, 0.717) is 26.2 Å². The Bertz CT molecular complexity index is 2020. The smallest absolute Gasteiger partial charge is 0.0485 e. The van der Waals surface area contributed by atoms with Crippen molar-refractivity contribution in [3.8, 4) is 0 Å². The van der Waals surface area contributed by atoms with E-state index in [4.69, 9.17) is 28.7 Å². The number of benzene rings is 7. The van der Waals surface area contributed by atoms with Crippen molar-refractivity contribution in [3.05, 3.63) is 251 Å². The molecule has 11 N–H and O–H groups in total. The van der Waals surface area contributed by atoms with Crippen LogP contribution in [-0.2, 0) is 45.3 Å². The maximum absolute atomic E-state index is 4.90. The first-order valence-corrected chi connectivity index (χ1v) is 22.7. The summed E-state index contributed by atoms with van der Waals surface area (Å²) in [4.78, 5) is 2.83. The summed E-state index contributed by atoms with van der Waals surface area (Å²) < 4.78 is 0. The van der Waals surface area contributed by atoms with Crippen LogP contribution in [0, 0.1) is 0 Å². The number of hydrogen-bond donors (Lipinski definition) is 6. The molecule has 7 aromatic rings. The zero-order chi connectivity index (χ0) is 45.6. The van der Waals surface area contributed by atoms with Crippen molar-refractivity contribution >= 4 is 0 Å². The molecule has 0 spiro atoms. The van der Waals surface area contributed by atoms with Crippen LogP contribution < -0.4 is 34.0 Å². The summed E-state index contributed by atoms with van der Waals surface area (Å²) in [5.74, 6) is 0. The third kappa shape index (κ3) is 16.8. The predicted molar refractivity (Wildman–Crippen MR) is 272 cm³/mol.